The second kappa shape index (κ2) is 8.41. The number of nitrogens with one attached hydrogen (secondary N) is 1. The molecule has 0 saturated carbocycles. The van der Waals surface area contributed by atoms with Gasteiger partial charge in [0.2, 0.25) is 5.91 Å². The summed E-state index contributed by atoms with van der Waals surface area (Å²) in [4.78, 5) is 23.6. The lowest BCUT2D eigenvalue weighted by molar-refractivity contribution is -0.125. The summed E-state index contributed by atoms with van der Waals surface area (Å²) in [6, 6.07) is 14.2. The van der Waals surface area contributed by atoms with Gasteiger partial charge in [0.25, 0.3) is 0 Å². The van der Waals surface area contributed by atoms with Crippen LogP contribution in [0, 0.1) is 0 Å². The van der Waals surface area contributed by atoms with E-state index >= 15 is 0 Å². The molecule has 138 valence electrons. The first-order valence-corrected chi connectivity index (χ1v) is 10.1. The molecule has 4 rings (SSSR count). The largest absolute Gasteiger partial charge is 0.348 e. The molecule has 0 unspecified atom stereocenters. The van der Waals surface area contributed by atoms with Crippen molar-refractivity contribution in [1.82, 2.24) is 20.2 Å². The highest BCUT2D eigenvalue weighted by Gasteiger charge is 2.30. The molecule has 1 N–H and O–H groups in total. The van der Waals surface area contributed by atoms with Crippen LogP contribution in [-0.4, -0.2) is 33.4 Å². The fourth-order valence-corrected chi connectivity index (χ4v) is 4.20. The fourth-order valence-electron chi connectivity index (χ4n) is 3.46. The molecule has 1 atom stereocenters. The van der Waals surface area contributed by atoms with Crippen molar-refractivity contribution in [1.29, 1.82) is 0 Å². The third kappa shape index (κ3) is 4.40. The van der Waals surface area contributed by atoms with E-state index in [1.165, 1.54) is 5.56 Å². The number of thiazole rings is 1. The Hall–Kier alpha value is -2.57. The van der Waals surface area contributed by atoms with Crippen molar-refractivity contribution in [2.24, 2.45) is 0 Å². The molecular weight excluding hydrogens is 356 g/mol. The first kappa shape index (κ1) is 17.8. The van der Waals surface area contributed by atoms with Gasteiger partial charge in [-0.1, -0.05) is 30.3 Å². The van der Waals surface area contributed by atoms with E-state index in [9.17, 15) is 4.79 Å². The number of hydrogen-bond donors (Lipinski definition) is 1. The molecule has 1 amide bonds. The smallest absolute Gasteiger partial charge is 0.237 e. The number of hydrogen-bond acceptors (Lipinski definition) is 5. The molecule has 27 heavy (non-hydrogen) atoms. The number of pyridine rings is 1. The first-order chi connectivity index (χ1) is 13.3. The van der Waals surface area contributed by atoms with Crippen LogP contribution in [-0.2, 0) is 17.9 Å². The standard InChI is InChI=1S/C21H22N4OS/c26-21(19-7-4-12-25(19)14-16-5-2-1-3-6-16)23-13-20-24-18(15-27-20)17-8-10-22-11-9-17/h1-3,5-6,8-11,15,19H,4,7,12-14H2,(H,23,26)/t19-/m1/s1. The van der Waals surface area contributed by atoms with Gasteiger partial charge in [-0.2, -0.15) is 0 Å². The molecular formula is C21H22N4OS. The summed E-state index contributed by atoms with van der Waals surface area (Å²) < 4.78 is 0. The number of aromatic nitrogens is 2. The zero-order chi connectivity index (χ0) is 18.5. The number of benzene rings is 1. The molecule has 0 aliphatic carbocycles. The van der Waals surface area contributed by atoms with Crippen LogP contribution in [0.2, 0.25) is 0 Å². The molecule has 6 heteroatoms. The Labute approximate surface area is 163 Å². The van der Waals surface area contributed by atoms with Crippen LogP contribution in [0.25, 0.3) is 11.3 Å². The van der Waals surface area contributed by atoms with E-state index < -0.39 is 0 Å². The number of likely N-dealkylation sites (tertiary alicyclic amines) is 1. The molecule has 1 saturated heterocycles. The lowest BCUT2D eigenvalue weighted by atomic mass is 10.1. The monoisotopic (exact) mass is 378 g/mol. The molecule has 5 nitrogen and oxygen atoms in total. The molecule has 3 heterocycles. The quantitative estimate of drug-likeness (QED) is 0.713. The van der Waals surface area contributed by atoms with Gasteiger partial charge in [0.05, 0.1) is 18.3 Å². The van der Waals surface area contributed by atoms with Crippen molar-refractivity contribution in [3.05, 3.63) is 70.8 Å². The maximum Gasteiger partial charge on any atom is 0.237 e. The lowest BCUT2D eigenvalue weighted by Crippen LogP contribution is -2.42. The summed E-state index contributed by atoms with van der Waals surface area (Å²) in [5.41, 5.74) is 3.22. The van der Waals surface area contributed by atoms with Crippen molar-refractivity contribution in [2.45, 2.75) is 32.0 Å². The van der Waals surface area contributed by atoms with Crippen molar-refractivity contribution in [2.75, 3.05) is 6.54 Å². The predicted molar refractivity (Wildman–Crippen MR) is 107 cm³/mol. The van der Waals surface area contributed by atoms with Gasteiger partial charge in [-0.15, -0.1) is 11.3 Å². The second-order valence-electron chi connectivity index (χ2n) is 6.69. The average molecular weight is 379 g/mol. The highest BCUT2D eigenvalue weighted by molar-refractivity contribution is 7.09. The summed E-state index contributed by atoms with van der Waals surface area (Å²) in [5, 5.41) is 6.02. The van der Waals surface area contributed by atoms with Gasteiger partial charge >= 0.3 is 0 Å². The van der Waals surface area contributed by atoms with Gasteiger partial charge in [0.1, 0.15) is 5.01 Å². The van der Waals surface area contributed by atoms with E-state index in [0.717, 1.165) is 42.2 Å². The molecule has 1 aliphatic heterocycles. The van der Waals surface area contributed by atoms with Crippen molar-refractivity contribution in [3.8, 4) is 11.3 Å². The minimum Gasteiger partial charge on any atom is -0.348 e. The first-order valence-electron chi connectivity index (χ1n) is 9.20. The maximum atomic E-state index is 12.7. The van der Waals surface area contributed by atoms with Gasteiger partial charge in [-0.25, -0.2) is 4.98 Å². The zero-order valence-corrected chi connectivity index (χ0v) is 15.9. The molecule has 1 aromatic carbocycles. The number of rotatable bonds is 6. The van der Waals surface area contributed by atoms with Gasteiger partial charge in [-0.05, 0) is 37.1 Å². The van der Waals surface area contributed by atoms with Crippen LogP contribution >= 0.6 is 11.3 Å². The van der Waals surface area contributed by atoms with Crippen molar-refractivity contribution in [3.63, 3.8) is 0 Å². The molecule has 0 spiro atoms. The highest BCUT2D eigenvalue weighted by Crippen LogP contribution is 2.22. The van der Waals surface area contributed by atoms with Crippen LogP contribution in [0.1, 0.15) is 23.4 Å². The Morgan fingerprint density at radius 3 is 2.81 bits per heavy atom. The zero-order valence-electron chi connectivity index (χ0n) is 15.0. The van der Waals surface area contributed by atoms with Crippen LogP contribution in [0.4, 0.5) is 0 Å². The summed E-state index contributed by atoms with van der Waals surface area (Å²) in [5.74, 6) is 0.101. The van der Waals surface area contributed by atoms with Gasteiger partial charge in [0.15, 0.2) is 0 Å². The van der Waals surface area contributed by atoms with E-state index in [2.05, 4.69) is 32.3 Å². The van der Waals surface area contributed by atoms with Crippen LogP contribution in [0.5, 0.6) is 0 Å². The Morgan fingerprint density at radius 2 is 2.00 bits per heavy atom. The van der Waals surface area contributed by atoms with Gasteiger partial charge < -0.3 is 5.32 Å². The van der Waals surface area contributed by atoms with E-state index in [1.54, 1.807) is 23.7 Å². The van der Waals surface area contributed by atoms with E-state index in [1.807, 2.05) is 35.7 Å². The number of carbonyl (C=O) groups is 1. The Bertz CT molecular complexity index is 881. The molecule has 1 fully saturated rings. The topological polar surface area (TPSA) is 58.1 Å². The summed E-state index contributed by atoms with van der Waals surface area (Å²) >= 11 is 1.57. The maximum absolute atomic E-state index is 12.7. The van der Waals surface area contributed by atoms with Crippen LogP contribution in [0.3, 0.4) is 0 Å². The second-order valence-corrected chi connectivity index (χ2v) is 7.64. The lowest BCUT2D eigenvalue weighted by Gasteiger charge is -2.23. The highest BCUT2D eigenvalue weighted by atomic mass is 32.1. The normalized spacial score (nSPS) is 17.1. The molecule has 0 bridgehead atoms. The van der Waals surface area contributed by atoms with Crippen molar-refractivity contribution >= 4 is 17.2 Å². The minimum atomic E-state index is -0.0511. The Morgan fingerprint density at radius 1 is 1.19 bits per heavy atom. The Kier molecular flexibility index (Phi) is 5.55. The van der Waals surface area contributed by atoms with Gasteiger partial charge in [-0.3, -0.25) is 14.7 Å². The predicted octanol–water partition coefficient (Wildman–Crippen LogP) is 3.49. The fraction of sp³-hybridized carbons (Fsp3) is 0.286. The van der Waals surface area contributed by atoms with Crippen LogP contribution < -0.4 is 5.32 Å². The molecule has 2 aromatic heterocycles. The van der Waals surface area contributed by atoms with Crippen LogP contribution in [0.15, 0.2) is 60.2 Å². The molecule has 1 aliphatic rings. The molecule has 0 radical (unpaired) electrons. The third-order valence-corrected chi connectivity index (χ3v) is 5.69. The molecule has 3 aromatic rings. The van der Waals surface area contributed by atoms with E-state index in [-0.39, 0.29) is 11.9 Å². The average Bonchev–Trinajstić information content (AvgIpc) is 3.37. The number of amides is 1. The summed E-state index contributed by atoms with van der Waals surface area (Å²) in [7, 11) is 0. The van der Waals surface area contributed by atoms with Gasteiger partial charge in [0, 0.05) is 29.9 Å². The number of carbonyl (C=O) groups excluding carboxylic acids is 1. The van der Waals surface area contributed by atoms with Crippen molar-refractivity contribution < 1.29 is 4.79 Å². The minimum absolute atomic E-state index is 0.0511. The van der Waals surface area contributed by atoms with E-state index in [4.69, 9.17) is 0 Å². The van der Waals surface area contributed by atoms with E-state index in [0.29, 0.717) is 6.54 Å². The summed E-state index contributed by atoms with van der Waals surface area (Å²) in [6.07, 6.45) is 5.50. The SMILES string of the molecule is O=C(NCc1nc(-c2ccncc2)cs1)[C@H]1CCCN1Cc1ccccc1. The summed E-state index contributed by atoms with van der Waals surface area (Å²) in [6.45, 7) is 2.27. The number of nitrogens with zero attached hydrogens (tertiary/aromatic N) is 3. The third-order valence-electron chi connectivity index (χ3n) is 4.84. The Balaban J connectivity index is 1.34.